The highest BCUT2D eigenvalue weighted by atomic mass is 16.1. The maximum Gasteiger partial charge on any atom is 0.278 e. The average Bonchev–Trinajstić information content (AvgIpc) is 3.29. The van der Waals surface area contributed by atoms with Crippen LogP contribution in [0.25, 0.3) is 22.5 Å². The molecule has 3 heterocycles. The SMILES string of the molecule is N#Cc1cccn1-c1cccc(-n2c(=O)c(Cc3ccccc3)nc3cccnc32)c1. The normalized spacial score (nSPS) is 10.8. The minimum absolute atomic E-state index is 0.208. The fourth-order valence-corrected chi connectivity index (χ4v) is 3.69. The smallest absolute Gasteiger partial charge is 0.278 e. The number of nitriles is 1. The van der Waals surface area contributed by atoms with E-state index in [-0.39, 0.29) is 5.56 Å². The van der Waals surface area contributed by atoms with Gasteiger partial charge in [-0.3, -0.25) is 9.36 Å². The van der Waals surface area contributed by atoms with Crippen molar-refractivity contribution in [3.8, 4) is 17.4 Å². The first-order chi connectivity index (χ1) is 15.2. The van der Waals surface area contributed by atoms with Crippen molar-refractivity contribution in [3.05, 3.63) is 119 Å². The molecule has 0 fully saturated rings. The van der Waals surface area contributed by atoms with Gasteiger partial charge in [-0.15, -0.1) is 0 Å². The van der Waals surface area contributed by atoms with E-state index in [2.05, 4.69) is 16.0 Å². The molecule has 0 aliphatic carbocycles. The molecule has 0 saturated carbocycles. The highest BCUT2D eigenvalue weighted by Crippen LogP contribution is 2.19. The summed E-state index contributed by atoms with van der Waals surface area (Å²) >= 11 is 0. The zero-order valence-corrected chi connectivity index (χ0v) is 16.5. The minimum Gasteiger partial charge on any atom is -0.308 e. The lowest BCUT2D eigenvalue weighted by Crippen LogP contribution is -2.25. The average molecular weight is 403 g/mol. The molecule has 0 radical (unpaired) electrons. The Morgan fingerprint density at radius 3 is 2.58 bits per heavy atom. The molecule has 0 aliphatic rings. The van der Waals surface area contributed by atoms with Gasteiger partial charge >= 0.3 is 0 Å². The van der Waals surface area contributed by atoms with Crippen molar-refractivity contribution in [1.82, 2.24) is 19.1 Å². The van der Waals surface area contributed by atoms with Gasteiger partial charge in [0.1, 0.15) is 23.0 Å². The van der Waals surface area contributed by atoms with E-state index in [4.69, 9.17) is 0 Å². The topological polar surface area (TPSA) is 76.5 Å². The predicted octanol–water partition coefficient (Wildman–Crippen LogP) is 4.03. The molecule has 148 valence electrons. The quantitative estimate of drug-likeness (QED) is 0.454. The number of nitrogens with zero attached hydrogens (tertiary/aromatic N) is 5. The van der Waals surface area contributed by atoms with Gasteiger partial charge in [0.2, 0.25) is 0 Å². The first kappa shape index (κ1) is 18.5. The van der Waals surface area contributed by atoms with Crippen LogP contribution in [0, 0.1) is 11.3 Å². The monoisotopic (exact) mass is 403 g/mol. The molecular weight excluding hydrogens is 386 g/mol. The van der Waals surface area contributed by atoms with Crippen molar-refractivity contribution in [1.29, 1.82) is 5.26 Å². The van der Waals surface area contributed by atoms with Crippen LogP contribution in [0.15, 0.2) is 96.1 Å². The standard InChI is InChI=1S/C25H17N5O/c26-17-21-11-6-14-29(21)19-9-4-10-20(16-19)30-24-22(12-5-13-27-24)28-23(25(30)31)15-18-7-2-1-3-8-18/h1-14,16H,15H2. The first-order valence-electron chi connectivity index (χ1n) is 9.83. The highest BCUT2D eigenvalue weighted by Gasteiger charge is 2.15. The van der Waals surface area contributed by atoms with Crippen molar-refractivity contribution < 1.29 is 0 Å². The Balaban J connectivity index is 1.71. The lowest BCUT2D eigenvalue weighted by atomic mass is 10.1. The molecule has 6 nitrogen and oxygen atoms in total. The summed E-state index contributed by atoms with van der Waals surface area (Å²) in [6.45, 7) is 0. The summed E-state index contributed by atoms with van der Waals surface area (Å²) in [4.78, 5) is 22.6. The molecule has 0 N–H and O–H groups in total. The van der Waals surface area contributed by atoms with Crippen molar-refractivity contribution in [2.75, 3.05) is 0 Å². The number of rotatable bonds is 4. The minimum atomic E-state index is -0.208. The number of benzene rings is 2. The van der Waals surface area contributed by atoms with E-state index in [1.807, 2.05) is 79.0 Å². The number of hydrogen-bond acceptors (Lipinski definition) is 4. The highest BCUT2D eigenvalue weighted by molar-refractivity contribution is 5.72. The number of aromatic nitrogens is 4. The Labute approximate surface area is 178 Å². The van der Waals surface area contributed by atoms with Crippen LogP contribution < -0.4 is 5.56 Å². The van der Waals surface area contributed by atoms with Gasteiger partial charge in [0.25, 0.3) is 5.56 Å². The lowest BCUT2D eigenvalue weighted by molar-refractivity contribution is 0.924. The van der Waals surface area contributed by atoms with Crippen LogP contribution in [-0.2, 0) is 6.42 Å². The van der Waals surface area contributed by atoms with E-state index in [1.54, 1.807) is 21.4 Å². The molecule has 0 spiro atoms. The molecule has 0 aliphatic heterocycles. The molecule has 0 saturated heterocycles. The van der Waals surface area contributed by atoms with Gasteiger partial charge in [-0.1, -0.05) is 36.4 Å². The lowest BCUT2D eigenvalue weighted by Gasteiger charge is -2.13. The predicted molar refractivity (Wildman–Crippen MR) is 118 cm³/mol. The molecule has 3 aromatic heterocycles. The van der Waals surface area contributed by atoms with E-state index in [1.165, 1.54) is 0 Å². The molecule has 6 heteroatoms. The van der Waals surface area contributed by atoms with Crippen LogP contribution >= 0.6 is 0 Å². The van der Waals surface area contributed by atoms with Crippen LogP contribution in [0.5, 0.6) is 0 Å². The summed E-state index contributed by atoms with van der Waals surface area (Å²) in [5, 5.41) is 9.37. The van der Waals surface area contributed by atoms with E-state index in [9.17, 15) is 10.1 Å². The van der Waals surface area contributed by atoms with E-state index in [0.29, 0.717) is 34.7 Å². The van der Waals surface area contributed by atoms with Crippen molar-refractivity contribution >= 4 is 11.2 Å². The summed E-state index contributed by atoms with van der Waals surface area (Å²) < 4.78 is 3.38. The van der Waals surface area contributed by atoms with Gasteiger partial charge in [0.05, 0.1) is 5.69 Å². The van der Waals surface area contributed by atoms with Crippen LogP contribution in [0.4, 0.5) is 0 Å². The second kappa shape index (κ2) is 7.73. The van der Waals surface area contributed by atoms with E-state index < -0.39 is 0 Å². The molecule has 0 amide bonds. The molecule has 0 bridgehead atoms. The number of pyridine rings is 1. The maximum atomic E-state index is 13.5. The summed E-state index contributed by atoms with van der Waals surface area (Å²) in [6, 6.07) is 26.7. The summed E-state index contributed by atoms with van der Waals surface area (Å²) in [7, 11) is 0. The molecule has 31 heavy (non-hydrogen) atoms. The third kappa shape index (κ3) is 3.38. The third-order valence-corrected chi connectivity index (χ3v) is 5.13. The van der Waals surface area contributed by atoms with Crippen LogP contribution in [-0.4, -0.2) is 19.1 Å². The number of hydrogen-bond donors (Lipinski definition) is 0. The third-order valence-electron chi connectivity index (χ3n) is 5.13. The van der Waals surface area contributed by atoms with Gasteiger partial charge in [0, 0.05) is 24.5 Å². The first-order valence-corrected chi connectivity index (χ1v) is 9.83. The van der Waals surface area contributed by atoms with Gasteiger partial charge < -0.3 is 4.57 Å². The van der Waals surface area contributed by atoms with Crippen LogP contribution in [0.2, 0.25) is 0 Å². The fraction of sp³-hybridized carbons (Fsp3) is 0.0400. The summed E-state index contributed by atoms with van der Waals surface area (Å²) in [6.07, 6.45) is 3.91. The van der Waals surface area contributed by atoms with Crippen LogP contribution in [0.1, 0.15) is 17.0 Å². The second-order valence-corrected chi connectivity index (χ2v) is 7.10. The van der Waals surface area contributed by atoms with E-state index >= 15 is 0 Å². The molecule has 0 unspecified atom stereocenters. The van der Waals surface area contributed by atoms with Crippen molar-refractivity contribution in [3.63, 3.8) is 0 Å². The number of fused-ring (bicyclic) bond motifs is 1. The molecule has 5 aromatic rings. The zero-order valence-electron chi connectivity index (χ0n) is 16.5. The van der Waals surface area contributed by atoms with E-state index in [0.717, 1.165) is 11.3 Å². The largest absolute Gasteiger partial charge is 0.308 e. The van der Waals surface area contributed by atoms with Gasteiger partial charge in [-0.05, 0) is 48.0 Å². The van der Waals surface area contributed by atoms with Crippen molar-refractivity contribution in [2.24, 2.45) is 0 Å². The van der Waals surface area contributed by atoms with Gasteiger partial charge in [-0.25, -0.2) is 9.97 Å². The molecular formula is C25H17N5O. The Morgan fingerprint density at radius 1 is 0.903 bits per heavy atom. The van der Waals surface area contributed by atoms with Crippen molar-refractivity contribution in [2.45, 2.75) is 6.42 Å². The van der Waals surface area contributed by atoms with Crippen LogP contribution in [0.3, 0.4) is 0 Å². The Hall–Kier alpha value is -4.50. The molecule has 5 rings (SSSR count). The summed E-state index contributed by atoms with van der Waals surface area (Å²) in [5.41, 5.74) is 4.38. The summed E-state index contributed by atoms with van der Waals surface area (Å²) in [5.74, 6) is 0. The second-order valence-electron chi connectivity index (χ2n) is 7.10. The Morgan fingerprint density at radius 2 is 1.74 bits per heavy atom. The van der Waals surface area contributed by atoms with Gasteiger partial charge in [-0.2, -0.15) is 5.26 Å². The zero-order chi connectivity index (χ0) is 21.2. The molecule has 2 aromatic carbocycles. The Bertz CT molecular complexity index is 1490. The maximum absolute atomic E-state index is 13.5. The fourth-order valence-electron chi connectivity index (χ4n) is 3.69. The molecule has 0 atom stereocenters. The van der Waals surface area contributed by atoms with Gasteiger partial charge in [0.15, 0.2) is 5.65 Å². The Kier molecular flexibility index (Phi) is 4.62.